The van der Waals surface area contributed by atoms with E-state index in [9.17, 15) is 0 Å². The van der Waals surface area contributed by atoms with E-state index in [2.05, 4.69) is 97.3 Å². The maximum Gasteiger partial charge on any atom is 0.268 e. The molecule has 2 amide bonds. The second-order valence-electron chi connectivity index (χ2n) is 14.6. The van der Waals surface area contributed by atoms with Crippen molar-refractivity contribution in [3.63, 3.8) is 0 Å². The maximum absolute atomic E-state index is 15.5. The van der Waals surface area contributed by atoms with Gasteiger partial charge in [-0.1, -0.05) is 163 Å². The minimum atomic E-state index is -0.350. The second kappa shape index (κ2) is 13.2. The Morgan fingerprint density at radius 1 is 0.393 bits per heavy atom. The Morgan fingerprint density at radius 2 is 0.929 bits per heavy atom. The van der Waals surface area contributed by atoms with E-state index in [-0.39, 0.29) is 11.8 Å². The van der Waals surface area contributed by atoms with Gasteiger partial charge >= 0.3 is 0 Å². The van der Waals surface area contributed by atoms with Crippen LogP contribution in [0, 0.1) is 13.8 Å². The Balaban J connectivity index is 1.25. The number of carbonyl (C=O) groups excluding carboxylic acids is 2. The lowest BCUT2D eigenvalue weighted by molar-refractivity contribution is 0.0926. The van der Waals surface area contributed by atoms with Crippen LogP contribution in [0.2, 0.25) is 0 Å². The van der Waals surface area contributed by atoms with Crippen molar-refractivity contribution in [2.75, 3.05) is 4.90 Å². The topological polar surface area (TPSA) is 42.3 Å². The Morgan fingerprint density at radius 3 is 1.57 bits per heavy atom. The highest BCUT2D eigenvalue weighted by molar-refractivity contribution is 6.37. The minimum Gasteiger partial charge on any atom is -0.308 e. The summed E-state index contributed by atoms with van der Waals surface area (Å²) < 4.78 is 2.19. The molecule has 9 aromatic rings. The SMILES string of the molecule is Cc1cc(C)cc(-c2cccc3c4ccccc4n(-c4cccc5c4C(=O)N(c4c(-c6ccccc6)cc(-c6ccccc6)cc4-c4ccccc4)C5=O)c23)c1. The molecular formula is C52H36N2O2. The predicted molar refractivity (Wildman–Crippen MR) is 230 cm³/mol. The minimum absolute atomic E-state index is 0.344. The highest BCUT2D eigenvalue weighted by Gasteiger charge is 2.42. The first kappa shape index (κ1) is 33.3. The van der Waals surface area contributed by atoms with Crippen LogP contribution < -0.4 is 4.90 Å². The molecule has 2 heterocycles. The average molecular weight is 721 g/mol. The van der Waals surface area contributed by atoms with Crippen LogP contribution in [0.15, 0.2) is 182 Å². The summed E-state index contributed by atoms with van der Waals surface area (Å²) in [6, 6.07) is 61.6. The molecule has 0 saturated carbocycles. The highest BCUT2D eigenvalue weighted by atomic mass is 16.2. The number of hydrogen-bond donors (Lipinski definition) is 0. The first-order valence-corrected chi connectivity index (χ1v) is 18.9. The molecule has 0 aliphatic carbocycles. The van der Waals surface area contributed by atoms with E-state index >= 15 is 9.59 Å². The third-order valence-corrected chi connectivity index (χ3v) is 11.0. The van der Waals surface area contributed by atoms with E-state index in [1.54, 1.807) is 6.07 Å². The van der Waals surface area contributed by atoms with Crippen LogP contribution in [-0.4, -0.2) is 16.4 Å². The number of anilines is 1. The summed E-state index contributed by atoms with van der Waals surface area (Å²) in [5, 5.41) is 2.16. The molecule has 4 nitrogen and oxygen atoms in total. The number of para-hydroxylation sites is 2. The van der Waals surface area contributed by atoms with Crippen LogP contribution in [0.5, 0.6) is 0 Å². The first-order chi connectivity index (χ1) is 27.5. The number of amides is 2. The standard InChI is InChI=1S/C52H36N2O2/c1-33-28-34(2)30-39(29-33)40-23-14-24-42-41-22-12-13-26-46(41)53(49(40)42)47-27-15-25-43-48(47)52(56)54(51(43)55)50-44(36-18-8-4-9-19-36)31-38(35-16-6-3-7-17-35)32-45(50)37-20-10-5-11-21-37/h3-32H,1-2H3. The van der Waals surface area contributed by atoms with Gasteiger partial charge in [-0.05, 0) is 72.0 Å². The number of hydrogen-bond acceptors (Lipinski definition) is 2. The number of rotatable bonds is 6. The summed E-state index contributed by atoms with van der Waals surface area (Å²) in [5.74, 6) is -0.693. The third-order valence-electron chi connectivity index (χ3n) is 11.0. The summed E-state index contributed by atoms with van der Waals surface area (Å²) >= 11 is 0. The fourth-order valence-corrected chi connectivity index (χ4v) is 8.64. The molecule has 0 bridgehead atoms. The average Bonchev–Trinajstić information content (AvgIpc) is 3.71. The van der Waals surface area contributed by atoms with Crippen molar-refractivity contribution >= 4 is 39.3 Å². The molecule has 8 aromatic carbocycles. The van der Waals surface area contributed by atoms with E-state index < -0.39 is 0 Å². The normalized spacial score (nSPS) is 12.5. The molecule has 1 aromatic heterocycles. The monoisotopic (exact) mass is 720 g/mol. The predicted octanol–water partition coefficient (Wildman–Crippen LogP) is 12.9. The Bertz CT molecular complexity index is 2940. The van der Waals surface area contributed by atoms with Crippen LogP contribution in [-0.2, 0) is 0 Å². The van der Waals surface area contributed by atoms with Crippen molar-refractivity contribution in [1.29, 1.82) is 0 Å². The van der Waals surface area contributed by atoms with Gasteiger partial charge < -0.3 is 4.57 Å². The summed E-state index contributed by atoms with van der Waals surface area (Å²) in [4.78, 5) is 31.9. The zero-order valence-electron chi connectivity index (χ0n) is 31.0. The van der Waals surface area contributed by atoms with Crippen molar-refractivity contribution in [1.82, 2.24) is 4.57 Å². The lowest BCUT2D eigenvalue weighted by Crippen LogP contribution is -2.30. The Kier molecular flexibility index (Phi) is 7.86. The van der Waals surface area contributed by atoms with Gasteiger partial charge in [0, 0.05) is 27.5 Å². The number of aryl methyl sites for hydroxylation is 2. The van der Waals surface area contributed by atoms with Gasteiger partial charge in [0.2, 0.25) is 0 Å². The van der Waals surface area contributed by atoms with Crippen molar-refractivity contribution < 1.29 is 9.59 Å². The van der Waals surface area contributed by atoms with Gasteiger partial charge in [0.25, 0.3) is 11.8 Å². The molecule has 0 radical (unpaired) electrons. The number of aromatic nitrogens is 1. The molecule has 0 fully saturated rings. The summed E-state index contributed by atoms with van der Waals surface area (Å²) in [6.07, 6.45) is 0. The zero-order chi connectivity index (χ0) is 37.9. The molecule has 266 valence electrons. The largest absolute Gasteiger partial charge is 0.308 e. The van der Waals surface area contributed by atoms with Crippen molar-refractivity contribution in [2.45, 2.75) is 13.8 Å². The molecule has 0 saturated heterocycles. The second-order valence-corrected chi connectivity index (χ2v) is 14.6. The van der Waals surface area contributed by atoms with Gasteiger partial charge in [-0.15, -0.1) is 0 Å². The van der Waals surface area contributed by atoms with Crippen LogP contribution in [0.25, 0.3) is 72.0 Å². The van der Waals surface area contributed by atoms with Crippen molar-refractivity contribution in [2.24, 2.45) is 0 Å². The maximum atomic E-state index is 15.5. The van der Waals surface area contributed by atoms with Gasteiger partial charge in [0.05, 0.1) is 33.5 Å². The van der Waals surface area contributed by atoms with Crippen LogP contribution in [0.3, 0.4) is 0 Å². The van der Waals surface area contributed by atoms with E-state index in [1.165, 1.54) is 16.0 Å². The summed E-state index contributed by atoms with van der Waals surface area (Å²) in [6.45, 7) is 4.24. The zero-order valence-corrected chi connectivity index (χ0v) is 31.0. The molecule has 10 rings (SSSR count). The van der Waals surface area contributed by atoms with Crippen LogP contribution >= 0.6 is 0 Å². The van der Waals surface area contributed by atoms with E-state index in [0.29, 0.717) is 22.5 Å². The van der Waals surface area contributed by atoms with E-state index in [0.717, 1.165) is 66.3 Å². The van der Waals surface area contributed by atoms with Crippen LogP contribution in [0.4, 0.5) is 5.69 Å². The van der Waals surface area contributed by atoms with Crippen LogP contribution in [0.1, 0.15) is 31.8 Å². The lowest BCUT2D eigenvalue weighted by Gasteiger charge is -2.24. The molecule has 56 heavy (non-hydrogen) atoms. The van der Waals surface area contributed by atoms with E-state index in [1.807, 2.05) is 97.1 Å². The first-order valence-electron chi connectivity index (χ1n) is 18.9. The molecule has 0 N–H and O–H groups in total. The molecule has 4 heteroatoms. The quantitative estimate of drug-likeness (QED) is 0.161. The fourth-order valence-electron chi connectivity index (χ4n) is 8.64. The lowest BCUT2D eigenvalue weighted by atomic mass is 9.90. The van der Waals surface area contributed by atoms with Crippen molar-refractivity contribution in [3.05, 3.63) is 204 Å². The van der Waals surface area contributed by atoms with Crippen molar-refractivity contribution in [3.8, 4) is 50.2 Å². The molecule has 1 aliphatic heterocycles. The van der Waals surface area contributed by atoms with Gasteiger partial charge in [0.15, 0.2) is 0 Å². The number of benzene rings is 8. The summed E-state index contributed by atoms with van der Waals surface area (Å²) in [7, 11) is 0. The highest BCUT2D eigenvalue weighted by Crippen LogP contribution is 2.47. The van der Waals surface area contributed by atoms with Gasteiger partial charge in [-0.3, -0.25) is 9.59 Å². The number of carbonyl (C=O) groups is 2. The Labute approximate surface area is 325 Å². The van der Waals surface area contributed by atoms with E-state index in [4.69, 9.17) is 0 Å². The van der Waals surface area contributed by atoms with Gasteiger partial charge in [0.1, 0.15) is 0 Å². The van der Waals surface area contributed by atoms with Gasteiger partial charge in [-0.25, -0.2) is 4.90 Å². The smallest absolute Gasteiger partial charge is 0.268 e. The molecule has 0 atom stereocenters. The molecular weight excluding hydrogens is 685 g/mol. The number of fused-ring (bicyclic) bond motifs is 4. The fraction of sp³-hybridized carbons (Fsp3) is 0.0385. The van der Waals surface area contributed by atoms with Gasteiger partial charge in [-0.2, -0.15) is 0 Å². The number of nitrogens with zero attached hydrogens (tertiary/aromatic N) is 2. The Hall–Kier alpha value is -7.30. The number of imide groups is 1. The molecule has 1 aliphatic rings. The summed E-state index contributed by atoms with van der Waals surface area (Å²) in [5.41, 5.74) is 14.0. The third kappa shape index (κ3) is 5.30. The molecule has 0 unspecified atom stereocenters. The molecule has 0 spiro atoms.